The molecule has 0 fully saturated rings. The predicted molar refractivity (Wildman–Crippen MR) is 126 cm³/mol. The van der Waals surface area contributed by atoms with E-state index in [4.69, 9.17) is 0 Å². The average molecular weight is 505 g/mol. The topological polar surface area (TPSA) is 65.0 Å². The van der Waals surface area contributed by atoms with Gasteiger partial charge in [-0.15, -0.1) is 0 Å². The van der Waals surface area contributed by atoms with Gasteiger partial charge < -0.3 is 4.90 Å². The van der Waals surface area contributed by atoms with Gasteiger partial charge in [-0.05, 0) is 55.4 Å². The number of hydrogen-bond acceptors (Lipinski definition) is 4. The molecule has 11 heteroatoms. The molecule has 190 valence electrons. The van der Waals surface area contributed by atoms with Crippen molar-refractivity contribution < 1.29 is 26.6 Å². The molecule has 0 radical (unpaired) electrons. The number of amides is 1. The van der Waals surface area contributed by atoms with Gasteiger partial charge in [0.2, 0.25) is 0 Å². The maximum atomic E-state index is 13.8. The lowest BCUT2D eigenvalue weighted by Crippen LogP contribution is -2.38. The number of carbonyl (C=O) groups excluding carboxylic acids is 1. The molecular weight excluding hydrogens is 472 g/mol. The minimum atomic E-state index is -4.59. The fourth-order valence-electron chi connectivity index (χ4n) is 3.86. The molecule has 1 aromatic carbocycles. The Balaban J connectivity index is 2.15. The van der Waals surface area contributed by atoms with Crippen molar-refractivity contribution in [1.29, 1.82) is 0 Å². The van der Waals surface area contributed by atoms with Crippen LogP contribution in [0.1, 0.15) is 56.1 Å². The highest BCUT2D eigenvalue weighted by atomic mass is 32.2. The van der Waals surface area contributed by atoms with Crippen LogP contribution in [0.2, 0.25) is 0 Å². The lowest BCUT2D eigenvalue weighted by atomic mass is 9.89. The van der Waals surface area contributed by atoms with Crippen LogP contribution in [0.3, 0.4) is 0 Å². The Morgan fingerprint density at radius 3 is 2.65 bits per heavy atom. The molecule has 2 atom stereocenters. The monoisotopic (exact) mass is 504 g/mol. The van der Waals surface area contributed by atoms with Crippen LogP contribution in [-0.4, -0.2) is 58.0 Å². The van der Waals surface area contributed by atoms with Gasteiger partial charge in [0.05, 0.1) is 16.5 Å². The molecule has 2 unspecified atom stereocenters. The van der Waals surface area contributed by atoms with Gasteiger partial charge in [0, 0.05) is 45.1 Å². The molecule has 1 aliphatic heterocycles. The highest BCUT2D eigenvalue weighted by molar-refractivity contribution is 7.81. The van der Waals surface area contributed by atoms with Crippen LogP contribution in [0, 0.1) is 5.82 Å². The number of allylic oxidation sites excluding steroid dienone is 1. The number of rotatable bonds is 7. The third-order valence-electron chi connectivity index (χ3n) is 5.85. The molecular formula is C23H32F4N4O2S. The SMILES string of the molecule is C=C1CCCN(S(C)=O)CC/C(C(=O)N(C)CCC(CC)c2cc(F)ccc2C(F)(F)F)=N\N1. The highest BCUT2D eigenvalue weighted by Gasteiger charge is 2.35. The van der Waals surface area contributed by atoms with Gasteiger partial charge in [-0.1, -0.05) is 13.5 Å². The van der Waals surface area contributed by atoms with Crippen molar-refractivity contribution in [3.63, 3.8) is 0 Å². The van der Waals surface area contributed by atoms with Crippen LogP contribution in [0.25, 0.3) is 0 Å². The summed E-state index contributed by atoms with van der Waals surface area (Å²) in [4.78, 5) is 14.5. The van der Waals surface area contributed by atoms with Crippen LogP contribution in [0.5, 0.6) is 0 Å². The van der Waals surface area contributed by atoms with Gasteiger partial charge in [0.1, 0.15) is 11.5 Å². The molecule has 0 spiro atoms. The van der Waals surface area contributed by atoms with E-state index in [1.165, 1.54) is 4.90 Å². The summed E-state index contributed by atoms with van der Waals surface area (Å²) in [5.74, 6) is -1.69. The average Bonchev–Trinajstić information content (AvgIpc) is 2.76. The van der Waals surface area contributed by atoms with Crippen LogP contribution in [0.4, 0.5) is 17.6 Å². The minimum absolute atomic E-state index is 0.106. The number of halogens is 4. The summed E-state index contributed by atoms with van der Waals surface area (Å²) in [7, 11) is 0.356. The Morgan fingerprint density at radius 2 is 2.03 bits per heavy atom. The Bertz CT molecular complexity index is 936. The van der Waals surface area contributed by atoms with Crippen molar-refractivity contribution >= 4 is 22.6 Å². The quantitative estimate of drug-likeness (QED) is 0.559. The molecule has 0 aliphatic carbocycles. The smallest absolute Gasteiger partial charge is 0.341 e. The summed E-state index contributed by atoms with van der Waals surface area (Å²) in [6.45, 7) is 6.74. The van der Waals surface area contributed by atoms with Gasteiger partial charge in [0.25, 0.3) is 5.91 Å². The zero-order valence-electron chi connectivity index (χ0n) is 19.8. The predicted octanol–water partition coefficient (Wildman–Crippen LogP) is 4.43. The van der Waals surface area contributed by atoms with E-state index < -0.39 is 34.5 Å². The summed E-state index contributed by atoms with van der Waals surface area (Å²) in [6, 6.07) is 2.50. The Kier molecular flexibility index (Phi) is 10.2. The fraction of sp³-hybridized carbons (Fsp3) is 0.565. The molecule has 34 heavy (non-hydrogen) atoms. The summed E-state index contributed by atoms with van der Waals surface area (Å²) in [6.07, 6.45) is -0.816. The molecule has 0 saturated heterocycles. The number of alkyl halides is 3. The van der Waals surface area contributed by atoms with Crippen molar-refractivity contribution in [3.05, 3.63) is 47.4 Å². The summed E-state index contributed by atoms with van der Waals surface area (Å²) >= 11 is 0. The van der Waals surface area contributed by atoms with Crippen LogP contribution in [0.15, 0.2) is 35.6 Å². The third kappa shape index (κ3) is 7.90. The zero-order chi connectivity index (χ0) is 25.5. The first kappa shape index (κ1) is 28.0. The van der Waals surface area contributed by atoms with Gasteiger partial charge in [-0.25, -0.2) is 12.9 Å². The van der Waals surface area contributed by atoms with Crippen molar-refractivity contribution in [2.75, 3.05) is 32.9 Å². The summed E-state index contributed by atoms with van der Waals surface area (Å²) < 4.78 is 67.9. The molecule has 1 N–H and O–H groups in total. The molecule has 1 heterocycles. The van der Waals surface area contributed by atoms with E-state index in [-0.39, 0.29) is 36.6 Å². The van der Waals surface area contributed by atoms with E-state index in [9.17, 15) is 26.6 Å². The van der Waals surface area contributed by atoms with Crippen LogP contribution in [-0.2, 0) is 22.0 Å². The lowest BCUT2D eigenvalue weighted by molar-refractivity contribution is -0.138. The van der Waals surface area contributed by atoms with Gasteiger partial charge in [0.15, 0.2) is 0 Å². The first-order valence-electron chi connectivity index (χ1n) is 11.1. The Labute approximate surface area is 200 Å². The molecule has 1 aliphatic rings. The second-order valence-corrected chi connectivity index (χ2v) is 9.69. The van der Waals surface area contributed by atoms with E-state index in [0.717, 1.165) is 24.6 Å². The Morgan fingerprint density at radius 1 is 1.32 bits per heavy atom. The second kappa shape index (κ2) is 12.4. The minimum Gasteiger partial charge on any atom is -0.341 e. The molecule has 6 nitrogen and oxygen atoms in total. The zero-order valence-corrected chi connectivity index (χ0v) is 20.6. The number of benzene rings is 1. The number of nitrogens with zero attached hydrogens (tertiary/aromatic N) is 3. The van der Waals surface area contributed by atoms with Crippen molar-refractivity contribution in [2.24, 2.45) is 5.10 Å². The van der Waals surface area contributed by atoms with Crippen molar-refractivity contribution in [3.8, 4) is 0 Å². The molecule has 0 aromatic heterocycles. The van der Waals surface area contributed by atoms with E-state index in [1.807, 2.05) is 0 Å². The van der Waals surface area contributed by atoms with E-state index in [2.05, 4.69) is 17.1 Å². The first-order chi connectivity index (χ1) is 15.9. The molecule has 0 saturated carbocycles. The molecule has 2 rings (SSSR count). The van der Waals surface area contributed by atoms with Crippen molar-refractivity contribution in [1.82, 2.24) is 14.6 Å². The Hall–Kier alpha value is -2.27. The molecule has 1 amide bonds. The highest BCUT2D eigenvalue weighted by Crippen LogP contribution is 2.37. The van der Waals surface area contributed by atoms with E-state index in [0.29, 0.717) is 31.6 Å². The fourth-order valence-corrected chi connectivity index (χ4v) is 4.60. The number of hydrazone groups is 1. The molecule has 1 aromatic rings. The van der Waals surface area contributed by atoms with Crippen molar-refractivity contribution in [2.45, 2.75) is 51.1 Å². The van der Waals surface area contributed by atoms with E-state index in [1.54, 1.807) is 24.5 Å². The summed E-state index contributed by atoms with van der Waals surface area (Å²) in [5, 5.41) is 4.20. The number of hydrogen-bond donors (Lipinski definition) is 1. The first-order valence-corrected chi connectivity index (χ1v) is 12.7. The van der Waals surface area contributed by atoms with Gasteiger partial charge in [-0.2, -0.15) is 18.3 Å². The second-order valence-electron chi connectivity index (χ2n) is 8.33. The normalized spacial score (nSPS) is 19.5. The number of carbonyl (C=O) groups is 1. The lowest BCUT2D eigenvalue weighted by Gasteiger charge is -2.25. The third-order valence-corrected chi connectivity index (χ3v) is 6.95. The largest absolute Gasteiger partial charge is 0.416 e. The number of nitrogens with one attached hydrogen (secondary N) is 1. The summed E-state index contributed by atoms with van der Waals surface area (Å²) in [5.41, 5.74) is 2.69. The maximum Gasteiger partial charge on any atom is 0.416 e. The van der Waals surface area contributed by atoms with Gasteiger partial charge in [-0.3, -0.25) is 10.2 Å². The van der Waals surface area contributed by atoms with Crippen LogP contribution < -0.4 is 5.43 Å². The van der Waals surface area contributed by atoms with E-state index >= 15 is 0 Å². The van der Waals surface area contributed by atoms with Crippen LogP contribution >= 0.6 is 0 Å². The standard InChI is InChI=1S/C23H32F4N4O2S/c1-5-17(19-15-18(24)8-9-20(19)23(25,26)27)10-13-30(3)22(32)21-11-14-31(34(4)33)12-6-7-16(2)28-29-21/h8-9,15,17,28H,2,5-7,10-14H2,1,3-4H3/b29-21+. The van der Waals surface area contributed by atoms with Gasteiger partial charge >= 0.3 is 6.18 Å². The molecule has 0 bridgehead atoms. The maximum absolute atomic E-state index is 13.8.